The molecule has 0 aliphatic heterocycles. The fourth-order valence-electron chi connectivity index (χ4n) is 3.15. The second-order valence-electron chi connectivity index (χ2n) is 7.14. The molecular formula is C26H31BrF2NO7PS. The summed E-state index contributed by atoms with van der Waals surface area (Å²) in [6.45, 7) is 9.71. The van der Waals surface area contributed by atoms with Gasteiger partial charge in [-0.2, -0.15) is 8.78 Å². The number of methoxy groups -OCH3 is 1. The fraction of sp³-hybridized carbons (Fsp3) is 0.231. The van der Waals surface area contributed by atoms with E-state index in [2.05, 4.69) is 15.9 Å². The lowest BCUT2D eigenvalue weighted by molar-refractivity contribution is -0.0987. The minimum Gasteiger partial charge on any atom is -0.495 e. The molecule has 0 atom stereocenters. The van der Waals surface area contributed by atoms with Gasteiger partial charge in [0, 0.05) is 10.0 Å². The number of anilines is 1. The Morgan fingerprint density at radius 1 is 0.974 bits per heavy atom. The van der Waals surface area contributed by atoms with Crippen LogP contribution in [-0.4, -0.2) is 38.9 Å². The van der Waals surface area contributed by atoms with Crippen LogP contribution in [0.4, 0.5) is 14.5 Å². The zero-order valence-corrected chi connectivity index (χ0v) is 25.1. The molecule has 0 spiro atoms. The van der Waals surface area contributed by atoms with Crippen LogP contribution < -0.4 is 9.04 Å². The number of hydrogen-bond acceptors (Lipinski definition) is 7. The van der Waals surface area contributed by atoms with Gasteiger partial charge in [0.1, 0.15) is 24.2 Å². The molecule has 214 valence electrons. The van der Waals surface area contributed by atoms with Crippen LogP contribution in [0, 0.1) is 6.92 Å². The van der Waals surface area contributed by atoms with Crippen LogP contribution in [0.5, 0.6) is 5.75 Å². The maximum absolute atomic E-state index is 14.1. The number of carbonyl (C=O) groups is 2. The lowest BCUT2D eigenvalue weighted by atomic mass is 10.1. The first-order valence-electron chi connectivity index (χ1n) is 11.1. The number of benzene rings is 3. The van der Waals surface area contributed by atoms with Crippen molar-refractivity contribution in [3.63, 3.8) is 0 Å². The summed E-state index contributed by atoms with van der Waals surface area (Å²) in [6.07, 6.45) is 0. The van der Waals surface area contributed by atoms with E-state index in [1.807, 2.05) is 34.3 Å². The third kappa shape index (κ3) is 9.15. The molecule has 0 unspecified atom stereocenters. The first kappa shape index (κ1) is 36.2. The van der Waals surface area contributed by atoms with Gasteiger partial charge in [-0.25, -0.2) is 8.42 Å². The van der Waals surface area contributed by atoms with Gasteiger partial charge in [0.2, 0.25) is 8.38 Å². The molecule has 3 aromatic carbocycles. The number of carbonyl (C=O) groups excluding carboxylic acids is 2. The first-order valence-corrected chi connectivity index (χ1v) is 14.6. The number of nitrogens with zero attached hydrogens (tertiary/aromatic N) is 1. The van der Waals surface area contributed by atoms with E-state index >= 15 is 0 Å². The molecule has 13 heteroatoms. The fourth-order valence-corrected chi connectivity index (χ4v) is 6.00. The van der Waals surface area contributed by atoms with Gasteiger partial charge in [-0.15, -0.1) is 0 Å². The van der Waals surface area contributed by atoms with Crippen molar-refractivity contribution >= 4 is 53.6 Å². The number of halogens is 3. The monoisotopic (exact) mass is 649 g/mol. The van der Waals surface area contributed by atoms with Gasteiger partial charge in [-0.1, -0.05) is 71.7 Å². The lowest BCUT2D eigenvalue weighted by Crippen LogP contribution is -2.31. The van der Waals surface area contributed by atoms with Crippen molar-refractivity contribution < 1.29 is 41.3 Å². The van der Waals surface area contributed by atoms with Crippen LogP contribution >= 0.6 is 24.3 Å². The number of alkyl halides is 2. The average molecular weight is 650 g/mol. The minimum atomic E-state index is -4.10. The molecule has 0 amide bonds. The molecule has 0 radical (unpaired) electrons. The van der Waals surface area contributed by atoms with E-state index in [1.54, 1.807) is 36.4 Å². The predicted molar refractivity (Wildman–Crippen MR) is 153 cm³/mol. The van der Waals surface area contributed by atoms with Gasteiger partial charge in [0.15, 0.2) is 0 Å². The van der Waals surface area contributed by atoms with Crippen molar-refractivity contribution in [2.24, 2.45) is 0 Å². The van der Waals surface area contributed by atoms with Crippen LogP contribution in [0.1, 0.15) is 30.5 Å². The summed E-state index contributed by atoms with van der Waals surface area (Å²) in [6, 6.07) is 16.8. The average Bonchev–Trinajstić information content (AvgIpc) is 2.95. The predicted octanol–water partition coefficient (Wildman–Crippen LogP) is 6.16. The summed E-state index contributed by atoms with van der Waals surface area (Å²) in [5.74, 6) is 0.171. The summed E-state index contributed by atoms with van der Waals surface area (Å²) in [5, 5.41) is 0. The SMILES string of the molecule is C=O.C=O.CC.COc1ccccc1S(=O)(=O)N(Cc1ccc(C(F)(F)P(O)O)c(Br)c1)c1ccc(C)cc1. The standard InChI is InChI=1S/C22H21BrF2NO5PS.C2H6.2CH2O/c1-15-7-10-17(11-8-15)26(33(29,30)21-6-4-3-5-20(21)31-2)14-16-9-12-18(19(23)13-16)22(24,25)32(27)28;3*1-2/h3-13,27-28H,14H2,1-2H3;1-2H3;2*1H2. The Morgan fingerprint density at radius 3 is 2.00 bits per heavy atom. The number of aryl methyl sites for hydroxylation is 1. The second kappa shape index (κ2) is 17.0. The highest BCUT2D eigenvalue weighted by molar-refractivity contribution is 9.10. The van der Waals surface area contributed by atoms with Gasteiger partial charge in [0.05, 0.1) is 19.3 Å². The summed E-state index contributed by atoms with van der Waals surface area (Å²) in [4.78, 5) is 34.1. The summed E-state index contributed by atoms with van der Waals surface area (Å²) in [5.41, 5.74) is -2.72. The molecule has 2 N–H and O–H groups in total. The van der Waals surface area contributed by atoms with E-state index in [1.165, 1.54) is 31.4 Å². The van der Waals surface area contributed by atoms with Crippen LogP contribution in [0.3, 0.4) is 0 Å². The molecule has 0 bridgehead atoms. The summed E-state index contributed by atoms with van der Waals surface area (Å²) < 4.78 is 61.9. The van der Waals surface area contributed by atoms with Gasteiger partial charge in [-0.05, 0) is 42.8 Å². The smallest absolute Gasteiger partial charge is 0.340 e. The van der Waals surface area contributed by atoms with E-state index in [9.17, 15) is 17.2 Å². The topological polar surface area (TPSA) is 121 Å². The third-order valence-electron chi connectivity index (χ3n) is 4.89. The third-order valence-corrected chi connectivity index (χ3v) is 8.11. The minimum absolute atomic E-state index is 0.0403. The zero-order chi connectivity index (χ0) is 30.4. The van der Waals surface area contributed by atoms with Crippen molar-refractivity contribution in [3.8, 4) is 5.75 Å². The van der Waals surface area contributed by atoms with E-state index in [4.69, 9.17) is 24.1 Å². The molecule has 0 saturated heterocycles. The van der Waals surface area contributed by atoms with E-state index in [0.717, 1.165) is 15.9 Å². The molecule has 0 aliphatic carbocycles. The normalized spacial score (nSPS) is 10.6. The molecule has 8 nitrogen and oxygen atoms in total. The lowest BCUT2D eigenvalue weighted by Gasteiger charge is -2.26. The molecule has 0 aromatic heterocycles. The molecule has 39 heavy (non-hydrogen) atoms. The molecule has 0 saturated carbocycles. The zero-order valence-electron chi connectivity index (χ0n) is 21.8. The quantitative estimate of drug-likeness (QED) is 0.280. The summed E-state index contributed by atoms with van der Waals surface area (Å²) in [7, 11) is -6.27. The summed E-state index contributed by atoms with van der Waals surface area (Å²) >= 11 is 3.05. The highest BCUT2D eigenvalue weighted by Crippen LogP contribution is 2.54. The number of rotatable bonds is 8. The molecular weight excluding hydrogens is 619 g/mol. The van der Waals surface area contributed by atoms with Crippen LogP contribution in [0.15, 0.2) is 76.1 Å². The largest absolute Gasteiger partial charge is 0.495 e. The van der Waals surface area contributed by atoms with Crippen LogP contribution in [-0.2, 0) is 31.8 Å². The van der Waals surface area contributed by atoms with Crippen molar-refractivity contribution in [1.29, 1.82) is 0 Å². The Labute approximate surface area is 237 Å². The Bertz CT molecular complexity index is 1280. The molecule has 3 aromatic rings. The van der Waals surface area contributed by atoms with Crippen molar-refractivity contribution in [3.05, 3.63) is 87.9 Å². The van der Waals surface area contributed by atoms with Gasteiger partial charge < -0.3 is 24.1 Å². The molecule has 0 aliphatic rings. The van der Waals surface area contributed by atoms with E-state index < -0.39 is 29.6 Å². The number of para-hydroxylation sites is 1. The van der Waals surface area contributed by atoms with E-state index in [0.29, 0.717) is 11.3 Å². The van der Waals surface area contributed by atoms with Crippen LogP contribution in [0.25, 0.3) is 0 Å². The highest BCUT2D eigenvalue weighted by Gasteiger charge is 2.42. The second-order valence-corrected chi connectivity index (χ2v) is 11.0. The van der Waals surface area contributed by atoms with Gasteiger partial charge >= 0.3 is 5.66 Å². The number of hydrogen-bond donors (Lipinski definition) is 2. The first-order chi connectivity index (χ1) is 18.5. The van der Waals surface area contributed by atoms with Crippen molar-refractivity contribution in [2.75, 3.05) is 11.4 Å². The highest BCUT2D eigenvalue weighted by atomic mass is 79.9. The van der Waals surface area contributed by atoms with Crippen LogP contribution in [0.2, 0.25) is 0 Å². The molecule has 3 rings (SSSR count). The maximum atomic E-state index is 14.1. The molecule has 0 fully saturated rings. The Morgan fingerprint density at radius 2 is 1.51 bits per heavy atom. The Balaban J connectivity index is 0.00000225. The molecule has 0 heterocycles. The van der Waals surface area contributed by atoms with E-state index in [-0.39, 0.29) is 21.7 Å². The van der Waals surface area contributed by atoms with Crippen molar-refractivity contribution in [1.82, 2.24) is 0 Å². The van der Waals surface area contributed by atoms with Crippen molar-refractivity contribution in [2.45, 2.75) is 37.9 Å². The number of sulfonamides is 1. The maximum Gasteiger partial charge on any atom is 0.340 e. The Hall–Kier alpha value is -2.76. The Kier molecular flexibility index (Phi) is 15.8. The number of ether oxygens (including phenoxy) is 1. The van der Waals surface area contributed by atoms with Gasteiger partial charge in [0.25, 0.3) is 10.0 Å². The van der Waals surface area contributed by atoms with Gasteiger partial charge in [-0.3, -0.25) is 4.31 Å².